The minimum atomic E-state index is 0.234. The van der Waals surface area contributed by atoms with E-state index in [9.17, 15) is 4.79 Å². The van der Waals surface area contributed by atoms with E-state index in [1.165, 1.54) is 25.7 Å². The number of rotatable bonds is 4. The van der Waals surface area contributed by atoms with Gasteiger partial charge in [-0.2, -0.15) is 0 Å². The second-order valence-corrected chi connectivity index (χ2v) is 5.54. The summed E-state index contributed by atoms with van der Waals surface area (Å²) in [6, 6.07) is 0. The van der Waals surface area contributed by atoms with Gasteiger partial charge in [-0.15, -0.1) is 0 Å². The fourth-order valence-corrected chi connectivity index (χ4v) is 3.56. The van der Waals surface area contributed by atoms with E-state index < -0.39 is 0 Å². The van der Waals surface area contributed by atoms with Crippen LogP contribution < -0.4 is 5.32 Å². The number of amides is 1. The predicted molar refractivity (Wildman–Crippen MR) is 66.8 cm³/mol. The van der Waals surface area contributed by atoms with Crippen LogP contribution in [0.3, 0.4) is 0 Å². The number of nitrogens with zero attached hydrogens (tertiary/aromatic N) is 1. The number of carbonyl (C=O) groups is 1. The molecule has 0 radical (unpaired) electrons. The van der Waals surface area contributed by atoms with Crippen LogP contribution in [0.25, 0.3) is 0 Å². The van der Waals surface area contributed by atoms with Crippen molar-refractivity contribution in [2.45, 2.75) is 25.7 Å². The van der Waals surface area contributed by atoms with Gasteiger partial charge < -0.3 is 15.0 Å². The molecule has 1 amide bonds. The van der Waals surface area contributed by atoms with Crippen molar-refractivity contribution in [3.8, 4) is 0 Å². The molecule has 0 aromatic carbocycles. The molecule has 4 heteroatoms. The molecule has 1 N–H and O–H groups in total. The molecule has 0 unspecified atom stereocenters. The van der Waals surface area contributed by atoms with Crippen LogP contribution in [0, 0.1) is 11.3 Å². The Hall–Kier alpha value is -0.610. The minimum absolute atomic E-state index is 0.234. The maximum atomic E-state index is 12.0. The van der Waals surface area contributed by atoms with Crippen molar-refractivity contribution in [3.05, 3.63) is 0 Å². The standard InChI is InChI=1S/C13H24N2O2/c1-14-7-12(16)15-8-11-5-3-4-6-13(11,9-15)10-17-2/h11,14H,3-10H2,1-2H3/t11-,13-/m1/s1. The summed E-state index contributed by atoms with van der Waals surface area (Å²) >= 11 is 0. The van der Waals surface area contributed by atoms with Crippen LogP contribution >= 0.6 is 0 Å². The summed E-state index contributed by atoms with van der Waals surface area (Å²) in [4.78, 5) is 14.0. The second-order valence-electron chi connectivity index (χ2n) is 5.54. The van der Waals surface area contributed by atoms with E-state index in [-0.39, 0.29) is 11.3 Å². The fourth-order valence-electron chi connectivity index (χ4n) is 3.56. The molecular weight excluding hydrogens is 216 g/mol. The van der Waals surface area contributed by atoms with Crippen LogP contribution in [0.1, 0.15) is 25.7 Å². The Labute approximate surface area is 104 Å². The highest BCUT2D eigenvalue weighted by atomic mass is 16.5. The van der Waals surface area contributed by atoms with Gasteiger partial charge in [-0.25, -0.2) is 0 Å². The summed E-state index contributed by atoms with van der Waals surface area (Å²) in [5.74, 6) is 0.884. The number of methoxy groups -OCH3 is 1. The number of likely N-dealkylation sites (tertiary alicyclic amines) is 1. The normalized spacial score (nSPS) is 32.6. The van der Waals surface area contributed by atoms with E-state index in [4.69, 9.17) is 4.74 Å². The number of hydrogen-bond acceptors (Lipinski definition) is 3. The molecule has 0 aromatic rings. The number of carbonyl (C=O) groups excluding carboxylic acids is 1. The third kappa shape index (κ3) is 2.47. The summed E-state index contributed by atoms with van der Waals surface area (Å²) in [5.41, 5.74) is 0.246. The lowest BCUT2D eigenvalue weighted by atomic mass is 9.69. The van der Waals surface area contributed by atoms with Gasteiger partial charge in [-0.05, 0) is 25.8 Å². The van der Waals surface area contributed by atoms with Crippen molar-refractivity contribution in [1.29, 1.82) is 0 Å². The van der Waals surface area contributed by atoms with Crippen LogP contribution in [0.2, 0.25) is 0 Å². The highest BCUT2D eigenvalue weighted by molar-refractivity contribution is 5.78. The molecule has 1 aliphatic carbocycles. The van der Waals surface area contributed by atoms with E-state index >= 15 is 0 Å². The Bertz CT molecular complexity index is 279. The highest BCUT2D eigenvalue weighted by Gasteiger charge is 2.48. The van der Waals surface area contributed by atoms with Crippen molar-refractivity contribution < 1.29 is 9.53 Å². The Morgan fingerprint density at radius 1 is 1.53 bits per heavy atom. The highest BCUT2D eigenvalue weighted by Crippen LogP contribution is 2.46. The number of hydrogen-bond donors (Lipinski definition) is 1. The van der Waals surface area contributed by atoms with Crippen molar-refractivity contribution >= 4 is 5.91 Å². The average molecular weight is 240 g/mol. The molecule has 1 aliphatic heterocycles. The van der Waals surface area contributed by atoms with Crippen molar-refractivity contribution in [3.63, 3.8) is 0 Å². The second kappa shape index (κ2) is 5.36. The van der Waals surface area contributed by atoms with Gasteiger partial charge in [-0.3, -0.25) is 4.79 Å². The summed E-state index contributed by atoms with van der Waals surface area (Å²) in [6.45, 7) is 3.09. The third-order valence-corrected chi connectivity index (χ3v) is 4.40. The molecule has 4 nitrogen and oxygen atoms in total. The molecule has 2 aliphatic rings. The molecule has 98 valence electrons. The first kappa shape index (κ1) is 12.8. The van der Waals surface area contributed by atoms with Gasteiger partial charge in [0, 0.05) is 25.6 Å². The molecule has 1 saturated heterocycles. The zero-order valence-electron chi connectivity index (χ0n) is 11.0. The van der Waals surface area contributed by atoms with E-state index in [0.29, 0.717) is 12.5 Å². The van der Waals surface area contributed by atoms with E-state index in [1.807, 2.05) is 11.9 Å². The molecule has 0 spiro atoms. The Kier molecular flexibility index (Phi) is 4.05. The summed E-state index contributed by atoms with van der Waals surface area (Å²) < 4.78 is 5.42. The molecule has 2 rings (SSSR count). The maximum absolute atomic E-state index is 12.0. The Morgan fingerprint density at radius 2 is 2.35 bits per heavy atom. The molecule has 0 bridgehead atoms. The summed E-state index contributed by atoms with van der Waals surface area (Å²) in [6.07, 6.45) is 5.07. The van der Waals surface area contributed by atoms with Gasteiger partial charge >= 0.3 is 0 Å². The Balaban J connectivity index is 2.05. The SMILES string of the molecule is CNCC(=O)N1C[C@H]2CCCC[C@]2(COC)C1. The number of fused-ring (bicyclic) bond motifs is 1. The van der Waals surface area contributed by atoms with Crippen molar-refractivity contribution in [1.82, 2.24) is 10.2 Å². The number of ether oxygens (including phenoxy) is 1. The first-order chi connectivity index (χ1) is 8.22. The van der Waals surface area contributed by atoms with Crippen LogP contribution in [-0.2, 0) is 9.53 Å². The molecular formula is C13H24N2O2. The number of nitrogens with one attached hydrogen (secondary N) is 1. The van der Waals surface area contributed by atoms with Crippen molar-refractivity contribution in [2.75, 3.05) is 40.4 Å². The quantitative estimate of drug-likeness (QED) is 0.793. The fraction of sp³-hybridized carbons (Fsp3) is 0.923. The van der Waals surface area contributed by atoms with Gasteiger partial charge in [-0.1, -0.05) is 12.8 Å². The predicted octanol–water partition coefficient (Wildman–Crippen LogP) is 0.871. The lowest BCUT2D eigenvalue weighted by molar-refractivity contribution is -0.129. The van der Waals surface area contributed by atoms with E-state index in [1.54, 1.807) is 7.11 Å². The lowest BCUT2D eigenvalue weighted by Gasteiger charge is -2.37. The molecule has 1 heterocycles. The van der Waals surface area contributed by atoms with Gasteiger partial charge in [0.05, 0.1) is 13.2 Å². The van der Waals surface area contributed by atoms with E-state index in [0.717, 1.165) is 19.7 Å². The average Bonchev–Trinajstić information content (AvgIpc) is 2.69. The first-order valence-corrected chi connectivity index (χ1v) is 6.63. The van der Waals surface area contributed by atoms with Gasteiger partial charge in [0.15, 0.2) is 0 Å². The third-order valence-electron chi connectivity index (χ3n) is 4.40. The molecule has 2 fully saturated rings. The molecule has 1 saturated carbocycles. The summed E-state index contributed by atoms with van der Waals surface area (Å²) in [7, 11) is 3.60. The van der Waals surface area contributed by atoms with Crippen LogP contribution in [0.15, 0.2) is 0 Å². The zero-order chi connectivity index (χ0) is 12.3. The summed E-state index contributed by atoms with van der Waals surface area (Å²) in [5, 5.41) is 2.95. The topological polar surface area (TPSA) is 41.6 Å². The maximum Gasteiger partial charge on any atom is 0.236 e. The number of likely N-dealkylation sites (N-methyl/N-ethyl adjacent to an activating group) is 1. The van der Waals surface area contributed by atoms with Crippen LogP contribution in [0.5, 0.6) is 0 Å². The van der Waals surface area contributed by atoms with Gasteiger partial charge in [0.2, 0.25) is 5.91 Å². The van der Waals surface area contributed by atoms with Crippen LogP contribution in [-0.4, -0.2) is 51.2 Å². The molecule has 0 aromatic heterocycles. The van der Waals surface area contributed by atoms with Gasteiger partial charge in [0.25, 0.3) is 0 Å². The minimum Gasteiger partial charge on any atom is -0.384 e. The molecule has 2 atom stereocenters. The van der Waals surface area contributed by atoms with Gasteiger partial charge in [0.1, 0.15) is 0 Å². The lowest BCUT2D eigenvalue weighted by Crippen LogP contribution is -2.39. The van der Waals surface area contributed by atoms with E-state index in [2.05, 4.69) is 5.32 Å². The monoisotopic (exact) mass is 240 g/mol. The molecule has 17 heavy (non-hydrogen) atoms. The zero-order valence-corrected chi connectivity index (χ0v) is 11.0. The first-order valence-electron chi connectivity index (χ1n) is 6.63. The Morgan fingerprint density at radius 3 is 3.06 bits per heavy atom. The van der Waals surface area contributed by atoms with Crippen LogP contribution in [0.4, 0.5) is 0 Å². The smallest absolute Gasteiger partial charge is 0.236 e. The largest absolute Gasteiger partial charge is 0.384 e. The van der Waals surface area contributed by atoms with Crippen molar-refractivity contribution in [2.24, 2.45) is 11.3 Å².